The molecule has 5 nitrogen and oxygen atoms in total. The Morgan fingerprint density at radius 3 is 2.80 bits per heavy atom. The largest absolute Gasteiger partial charge is 0.457 e. The molecule has 5 heteroatoms. The zero-order chi connectivity index (χ0) is 14.1. The van der Waals surface area contributed by atoms with Gasteiger partial charge in [0.05, 0.1) is 24.0 Å². The minimum Gasteiger partial charge on any atom is -0.457 e. The summed E-state index contributed by atoms with van der Waals surface area (Å²) < 4.78 is 7.30. The van der Waals surface area contributed by atoms with E-state index >= 15 is 0 Å². The Kier molecular flexibility index (Phi) is 3.12. The molecule has 0 aliphatic rings. The maximum atomic E-state index is 12.2. The van der Waals surface area contributed by atoms with Crippen molar-refractivity contribution in [1.29, 1.82) is 0 Å². The van der Waals surface area contributed by atoms with Crippen molar-refractivity contribution in [3.8, 4) is 0 Å². The zero-order valence-corrected chi connectivity index (χ0v) is 11.2. The first-order valence-electron chi connectivity index (χ1n) is 6.41. The summed E-state index contributed by atoms with van der Waals surface area (Å²) in [6, 6.07) is 11.2. The van der Waals surface area contributed by atoms with Gasteiger partial charge in [-0.25, -0.2) is 4.98 Å². The fourth-order valence-electron chi connectivity index (χ4n) is 2.22. The highest BCUT2D eigenvalue weighted by molar-refractivity contribution is 5.95. The highest BCUT2D eigenvalue weighted by Gasteiger charge is 2.16. The van der Waals surface area contributed by atoms with Crippen molar-refractivity contribution < 1.29 is 9.21 Å². The lowest BCUT2D eigenvalue weighted by Gasteiger charge is -2.00. The van der Waals surface area contributed by atoms with Gasteiger partial charge in [0, 0.05) is 7.05 Å². The fraction of sp³-hybridized carbons (Fsp3) is 0.200. The Bertz CT molecular complexity index is 770. The van der Waals surface area contributed by atoms with Crippen LogP contribution in [0.4, 0.5) is 0 Å². The number of rotatable bonds is 4. The van der Waals surface area contributed by atoms with Crippen LogP contribution in [0.3, 0.4) is 0 Å². The third-order valence-corrected chi connectivity index (χ3v) is 3.34. The second-order valence-corrected chi connectivity index (χ2v) is 4.65. The summed E-state index contributed by atoms with van der Waals surface area (Å²) in [6.45, 7) is 0.291. The first-order valence-corrected chi connectivity index (χ1v) is 6.41. The van der Waals surface area contributed by atoms with Gasteiger partial charge in [0.2, 0.25) is 5.78 Å². The number of carbonyl (C=O) groups excluding carboxylic acids is 1. The summed E-state index contributed by atoms with van der Waals surface area (Å²) in [5, 5.41) is 0. The molecule has 0 amide bonds. The number of benzene rings is 1. The molecule has 0 unspecified atom stereocenters. The first-order chi connectivity index (χ1) is 9.69. The Morgan fingerprint density at radius 1 is 1.30 bits per heavy atom. The maximum Gasteiger partial charge on any atom is 0.205 e. The van der Waals surface area contributed by atoms with Crippen molar-refractivity contribution in [3.05, 3.63) is 53.7 Å². The molecule has 3 aromatic rings. The summed E-state index contributed by atoms with van der Waals surface area (Å²) in [5.41, 5.74) is 7.37. The van der Waals surface area contributed by atoms with Gasteiger partial charge in [-0.15, -0.1) is 0 Å². The van der Waals surface area contributed by atoms with Gasteiger partial charge in [-0.05, 0) is 24.3 Å². The quantitative estimate of drug-likeness (QED) is 0.736. The summed E-state index contributed by atoms with van der Waals surface area (Å²) in [6.07, 6.45) is 0.211. The maximum absolute atomic E-state index is 12.2. The van der Waals surface area contributed by atoms with Crippen molar-refractivity contribution in [1.82, 2.24) is 9.55 Å². The number of carbonyl (C=O) groups is 1. The minimum absolute atomic E-state index is 0.0943. The van der Waals surface area contributed by atoms with Crippen LogP contribution in [0.1, 0.15) is 22.1 Å². The monoisotopic (exact) mass is 269 g/mol. The minimum atomic E-state index is -0.0943. The van der Waals surface area contributed by atoms with Gasteiger partial charge in [0.15, 0.2) is 5.76 Å². The molecule has 0 aliphatic carbocycles. The number of hydrogen-bond acceptors (Lipinski definition) is 4. The van der Waals surface area contributed by atoms with Gasteiger partial charge in [0.25, 0.3) is 0 Å². The molecule has 0 atom stereocenters. The van der Waals surface area contributed by atoms with Gasteiger partial charge >= 0.3 is 0 Å². The highest BCUT2D eigenvalue weighted by atomic mass is 16.3. The third kappa shape index (κ3) is 2.12. The van der Waals surface area contributed by atoms with Crippen molar-refractivity contribution >= 4 is 16.8 Å². The molecular formula is C15H15N3O2. The normalized spacial score (nSPS) is 11.1. The number of hydrogen-bond donors (Lipinski definition) is 1. The number of ketones is 1. The molecule has 3 rings (SSSR count). The van der Waals surface area contributed by atoms with Crippen LogP contribution in [0, 0.1) is 0 Å². The number of nitrogens with zero attached hydrogens (tertiary/aromatic N) is 2. The van der Waals surface area contributed by atoms with Gasteiger partial charge < -0.3 is 14.7 Å². The summed E-state index contributed by atoms with van der Waals surface area (Å²) in [7, 11) is 1.91. The van der Waals surface area contributed by atoms with E-state index in [0.717, 1.165) is 16.9 Å². The summed E-state index contributed by atoms with van der Waals surface area (Å²) in [4.78, 5) is 16.7. The molecule has 0 aliphatic heterocycles. The van der Waals surface area contributed by atoms with E-state index in [0.29, 0.717) is 18.1 Å². The molecule has 0 saturated heterocycles. The summed E-state index contributed by atoms with van der Waals surface area (Å²) >= 11 is 0. The van der Waals surface area contributed by atoms with Gasteiger partial charge in [-0.1, -0.05) is 12.1 Å². The van der Waals surface area contributed by atoms with Gasteiger partial charge in [-0.2, -0.15) is 0 Å². The summed E-state index contributed by atoms with van der Waals surface area (Å²) in [5.74, 6) is 1.57. The molecular weight excluding hydrogens is 254 g/mol. The standard InChI is InChI=1S/C15H15N3O2/c1-18-12-5-3-2-4-11(12)17-15(18)8-13(19)14-7-6-10(9-16)20-14/h2-7H,8-9,16H2,1H3. The van der Waals surface area contributed by atoms with E-state index in [2.05, 4.69) is 4.98 Å². The number of aromatic nitrogens is 2. The molecule has 2 heterocycles. The van der Waals surface area contributed by atoms with Crippen molar-refractivity contribution in [2.75, 3.05) is 0 Å². The Balaban J connectivity index is 1.89. The topological polar surface area (TPSA) is 74.0 Å². The van der Waals surface area contributed by atoms with Gasteiger partial charge in [0.1, 0.15) is 11.6 Å². The second-order valence-electron chi connectivity index (χ2n) is 4.65. The Morgan fingerprint density at radius 2 is 2.10 bits per heavy atom. The fourth-order valence-corrected chi connectivity index (χ4v) is 2.22. The molecule has 1 aromatic carbocycles. The van der Waals surface area contributed by atoms with E-state index in [1.54, 1.807) is 12.1 Å². The molecule has 0 radical (unpaired) electrons. The van der Waals surface area contributed by atoms with Crippen LogP contribution >= 0.6 is 0 Å². The van der Waals surface area contributed by atoms with Crippen LogP contribution < -0.4 is 5.73 Å². The molecule has 20 heavy (non-hydrogen) atoms. The van der Waals surface area contributed by atoms with Crippen LogP contribution in [0.5, 0.6) is 0 Å². The predicted octanol–water partition coefficient (Wildman–Crippen LogP) is 2.05. The van der Waals surface area contributed by atoms with Crippen LogP contribution in [0.25, 0.3) is 11.0 Å². The predicted molar refractivity (Wildman–Crippen MR) is 75.3 cm³/mol. The zero-order valence-electron chi connectivity index (χ0n) is 11.2. The number of furan rings is 1. The van der Waals surface area contributed by atoms with Crippen molar-refractivity contribution in [3.63, 3.8) is 0 Å². The van der Waals surface area contributed by atoms with E-state index in [4.69, 9.17) is 10.2 Å². The van der Waals surface area contributed by atoms with E-state index in [1.165, 1.54) is 0 Å². The van der Waals surface area contributed by atoms with E-state index in [9.17, 15) is 4.79 Å². The molecule has 2 aromatic heterocycles. The number of imidazole rings is 1. The van der Waals surface area contributed by atoms with Crippen LogP contribution in [0.15, 0.2) is 40.8 Å². The first kappa shape index (κ1) is 12.6. The highest BCUT2D eigenvalue weighted by Crippen LogP contribution is 2.16. The Labute approximate surface area is 116 Å². The molecule has 0 saturated carbocycles. The Hall–Kier alpha value is -2.40. The molecule has 102 valence electrons. The average Bonchev–Trinajstić information content (AvgIpc) is 3.05. The molecule has 0 bridgehead atoms. The van der Waals surface area contributed by atoms with Crippen LogP contribution in [0.2, 0.25) is 0 Å². The van der Waals surface area contributed by atoms with Crippen LogP contribution in [-0.2, 0) is 20.0 Å². The third-order valence-electron chi connectivity index (χ3n) is 3.34. The lowest BCUT2D eigenvalue weighted by atomic mass is 10.2. The SMILES string of the molecule is Cn1c(CC(=O)c2ccc(CN)o2)nc2ccccc21. The number of fused-ring (bicyclic) bond motifs is 1. The van der Waals surface area contributed by atoms with E-state index in [1.807, 2.05) is 35.9 Å². The van der Waals surface area contributed by atoms with Crippen molar-refractivity contribution in [2.24, 2.45) is 12.8 Å². The number of aryl methyl sites for hydroxylation is 1. The number of para-hydroxylation sites is 2. The molecule has 0 fully saturated rings. The molecule has 0 spiro atoms. The smallest absolute Gasteiger partial charge is 0.205 e. The second kappa shape index (κ2) is 4.94. The average molecular weight is 269 g/mol. The van der Waals surface area contributed by atoms with Gasteiger partial charge in [-0.3, -0.25) is 4.79 Å². The molecule has 2 N–H and O–H groups in total. The van der Waals surface area contributed by atoms with Crippen LogP contribution in [-0.4, -0.2) is 15.3 Å². The van der Waals surface area contributed by atoms with Crippen molar-refractivity contribution in [2.45, 2.75) is 13.0 Å². The van der Waals surface area contributed by atoms with E-state index in [-0.39, 0.29) is 12.2 Å². The van der Waals surface area contributed by atoms with E-state index < -0.39 is 0 Å². The number of Topliss-reactive ketones (excluding diaryl/α,β-unsaturated/α-hetero) is 1. The lowest BCUT2D eigenvalue weighted by molar-refractivity contribution is 0.0962. The number of nitrogens with two attached hydrogens (primary N) is 1. The lowest BCUT2D eigenvalue weighted by Crippen LogP contribution is -2.07.